The Kier molecular flexibility index (Phi) is 3.07. The number of fused-ring (bicyclic) bond motifs is 5. The second-order valence-electron chi connectivity index (χ2n) is 9.46. The summed E-state index contributed by atoms with van der Waals surface area (Å²) in [6.07, 6.45) is 15.4. The third kappa shape index (κ3) is 1.66. The van der Waals surface area contributed by atoms with Gasteiger partial charge < -0.3 is 0 Å². The molecule has 0 spiro atoms. The summed E-state index contributed by atoms with van der Waals surface area (Å²) in [5.74, 6) is 5.29. The first kappa shape index (κ1) is 13.6. The summed E-state index contributed by atoms with van der Waals surface area (Å²) in [6, 6.07) is 0. The zero-order chi connectivity index (χ0) is 14.0. The van der Waals surface area contributed by atoms with Crippen molar-refractivity contribution >= 4 is 0 Å². The fourth-order valence-corrected chi connectivity index (χ4v) is 7.79. The molecule has 0 saturated heterocycles. The largest absolute Gasteiger partial charge is 0.0622 e. The molecule has 4 saturated carbocycles. The van der Waals surface area contributed by atoms with Crippen LogP contribution < -0.4 is 0 Å². The van der Waals surface area contributed by atoms with E-state index in [-0.39, 0.29) is 0 Å². The molecule has 20 heavy (non-hydrogen) atoms. The monoisotopic (exact) mass is 274 g/mol. The first-order valence-corrected chi connectivity index (χ1v) is 9.56. The molecule has 7 atom stereocenters. The Labute approximate surface area is 126 Å². The molecule has 0 aromatic heterocycles. The van der Waals surface area contributed by atoms with E-state index in [2.05, 4.69) is 20.8 Å². The summed E-state index contributed by atoms with van der Waals surface area (Å²) >= 11 is 0. The van der Waals surface area contributed by atoms with Crippen LogP contribution in [-0.2, 0) is 0 Å². The Bertz CT molecular complexity index is 385. The standard InChI is InChI=1S/C20H34/c1-14-13-18-19(2)11-5-4-7-15(19)10-12-20(18,3)17-9-6-8-16(14)17/h14-18H,4-13H2,1-3H3/t14-,15?,16?,17?,18?,19+,20+/m1/s1. The van der Waals surface area contributed by atoms with Gasteiger partial charge in [0.25, 0.3) is 0 Å². The lowest BCUT2D eigenvalue weighted by molar-refractivity contribution is -0.152. The van der Waals surface area contributed by atoms with Crippen molar-refractivity contribution in [2.45, 2.75) is 85.0 Å². The van der Waals surface area contributed by atoms with E-state index in [1.54, 1.807) is 44.9 Å². The minimum absolute atomic E-state index is 0.701. The molecule has 0 radical (unpaired) electrons. The van der Waals surface area contributed by atoms with Crippen LogP contribution in [0.4, 0.5) is 0 Å². The normalized spacial score (nSPS) is 58.6. The smallest absolute Gasteiger partial charge is 0.0261 e. The first-order valence-electron chi connectivity index (χ1n) is 9.56. The Hall–Kier alpha value is 0. The van der Waals surface area contributed by atoms with E-state index in [1.165, 1.54) is 19.3 Å². The van der Waals surface area contributed by atoms with E-state index in [4.69, 9.17) is 0 Å². The highest BCUT2D eigenvalue weighted by molar-refractivity contribution is 5.10. The second kappa shape index (κ2) is 4.50. The predicted molar refractivity (Wildman–Crippen MR) is 85.5 cm³/mol. The van der Waals surface area contributed by atoms with Crippen LogP contribution in [0.25, 0.3) is 0 Å². The molecular weight excluding hydrogens is 240 g/mol. The molecule has 0 aliphatic heterocycles. The van der Waals surface area contributed by atoms with E-state index >= 15 is 0 Å². The maximum atomic E-state index is 2.72. The average Bonchev–Trinajstić information content (AvgIpc) is 2.92. The van der Waals surface area contributed by atoms with Crippen molar-refractivity contribution in [1.29, 1.82) is 0 Å². The molecule has 114 valence electrons. The number of rotatable bonds is 0. The van der Waals surface area contributed by atoms with Crippen molar-refractivity contribution in [2.75, 3.05) is 0 Å². The van der Waals surface area contributed by atoms with Gasteiger partial charge in [0.2, 0.25) is 0 Å². The van der Waals surface area contributed by atoms with Gasteiger partial charge >= 0.3 is 0 Å². The van der Waals surface area contributed by atoms with E-state index < -0.39 is 0 Å². The van der Waals surface area contributed by atoms with Crippen molar-refractivity contribution in [3.05, 3.63) is 0 Å². The van der Waals surface area contributed by atoms with Crippen LogP contribution in [0.2, 0.25) is 0 Å². The SMILES string of the molecule is C[C@@H]1CC2[C@@]3(C)CCCCC3CC[C@@]2(C)C2CCCC21. The number of hydrogen-bond acceptors (Lipinski definition) is 0. The molecular formula is C20H34. The lowest BCUT2D eigenvalue weighted by Crippen LogP contribution is -2.56. The van der Waals surface area contributed by atoms with Crippen molar-refractivity contribution in [3.63, 3.8) is 0 Å². The van der Waals surface area contributed by atoms with Crippen molar-refractivity contribution < 1.29 is 0 Å². The van der Waals surface area contributed by atoms with Gasteiger partial charge in [-0.15, -0.1) is 0 Å². The van der Waals surface area contributed by atoms with Gasteiger partial charge in [-0.3, -0.25) is 0 Å². The van der Waals surface area contributed by atoms with Crippen LogP contribution in [0.3, 0.4) is 0 Å². The highest BCUT2D eigenvalue weighted by Gasteiger charge is 2.60. The predicted octanol–water partition coefficient (Wildman–Crippen LogP) is 6.06. The molecule has 0 nitrogen and oxygen atoms in total. The lowest BCUT2D eigenvalue weighted by Gasteiger charge is -2.64. The Balaban J connectivity index is 1.72. The number of hydrogen-bond donors (Lipinski definition) is 0. The lowest BCUT2D eigenvalue weighted by atomic mass is 9.41. The third-order valence-electron chi connectivity index (χ3n) is 8.83. The quantitative estimate of drug-likeness (QED) is 0.504. The van der Waals surface area contributed by atoms with Crippen LogP contribution in [0.1, 0.15) is 85.0 Å². The summed E-state index contributed by atoms with van der Waals surface area (Å²) in [5, 5.41) is 0. The summed E-state index contributed by atoms with van der Waals surface area (Å²) in [4.78, 5) is 0. The van der Waals surface area contributed by atoms with Gasteiger partial charge in [-0.1, -0.05) is 40.0 Å². The average molecular weight is 274 g/mol. The summed E-state index contributed by atoms with van der Waals surface area (Å²) in [6.45, 7) is 8.03. The zero-order valence-corrected chi connectivity index (χ0v) is 14.0. The molecule has 4 rings (SSSR count). The fourth-order valence-electron chi connectivity index (χ4n) is 7.79. The van der Waals surface area contributed by atoms with E-state index in [9.17, 15) is 0 Å². The van der Waals surface area contributed by atoms with Gasteiger partial charge in [-0.2, -0.15) is 0 Å². The van der Waals surface area contributed by atoms with Crippen LogP contribution in [-0.4, -0.2) is 0 Å². The minimum atomic E-state index is 0.701. The van der Waals surface area contributed by atoms with E-state index in [0.717, 1.165) is 29.6 Å². The first-order chi connectivity index (χ1) is 9.56. The Morgan fingerprint density at radius 3 is 2.50 bits per heavy atom. The van der Waals surface area contributed by atoms with Crippen molar-refractivity contribution in [1.82, 2.24) is 0 Å². The van der Waals surface area contributed by atoms with Gasteiger partial charge in [0, 0.05) is 0 Å². The van der Waals surface area contributed by atoms with Gasteiger partial charge in [-0.05, 0) is 85.4 Å². The zero-order valence-electron chi connectivity index (χ0n) is 14.0. The molecule has 4 aliphatic carbocycles. The summed E-state index contributed by atoms with van der Waals surface area (Å²) < 4.78 is 0. The van der Waals surface area contributed by atoms with Crippen LogP contribution in [0, 0.1) is 40.4 Å². The van der Waals surface area contributed by atoms with Crippen LogP contribution in [0.5, 0.6) is 0 Å². The van der Waals surface area contributed by atoms with Crippen molar-refractivity contribution in [2.24, 2.45) is 40.4 Å². The molecule has 0 bridgehead atoms. The highest BCUT2D eigenvalue weighted by atomic mass is 14.7. The highest BCUT2D eigenvalue weighted by Crippen LogP contribution is 2.69. The molecule has 0 amide bonds. The molecule has 4 aliphatic rings. The molecule has 0 aromatic rings. The Morgan fingerprint density at radius 1 is 0.800 bits per heavy atom. The van der Waals surface area contributed by atoms with Gasteiger partial charge in [0.05, 0.1) is 0 Å². The molecule has 0 N–H and O–H groups in total. The topological polar surface area (TPSA) is 0 Å². The minimum Gasteiger partial charge on any atom is -0.0622 e. The van der Waals surface area contributed by atoms with E-state index in [1.807, 2.05) is 0 Å². The summed E-state index contributed by atoms with van der Waals surface area (Å²) in [7, 11) is 0. The summed E-state index contributed by atoms with van der Waals surface area (Å²) in [5.41, 5.74) is 1.41. The molecule has 4 unspecified atom stereocenters. The molecule has 0 aromatic carbocycles. The Morgan fingerprint density at radius 2 is 1.65 bits per heavy atom. The molecule has 4 fully saturated rings. The fraction of sp³-hybridized carbons (Fsp3) is 1.00. The maximum absolute atomic E-state index is 2.72. The maximum Gasteiger partial charge on any atom is -0.0261 e. The van der Waals surface area contributed by atoms with E-state index in [0.29, 0.717) is 10.8 Å². The van der Waals surface area contributed by atoms with Crippen molar-refractivity contribution in [3.8, 4) is 0 Å². The van der Waals surface area contributed by atoms with Crippen LogP contribution >= 0.6 is 0 Å². The third-order valence-corrected chi connectivity index (χ3v) is 8.83. The molecule has 0 heterocycles. The second-order valence-corrected chi connectivity index (χ2v) is 9.46. The van der Waals surface area contributed by atoms with Gasteiger partial charge in [0.1, 0.15) is 0 Å². The van der Waals surface area contributed by atoms with Crippen LogP contribution in [0.15, 0.2) is 0 Å². The van der Waals surface area contributed by atoms with Gasteiger partial charge in [0.15, 0.2) is 0 Å². The van der Waals surface area contributed by atoms with Gasteiger partial charge in [-0.25, -0.2) is 0 Å². The molecule has 0 heteroatoms.